The van der Waals surface area contributed by atoms with Crippen LogP contribution in [0.3, 0.4) is 0 Å². The molecule has 9 nitrogen and oxygen atoms in total. The third-order valence-corrected chi connectivity index (χ3v) is 4.57. The van der Waals surface area contributed by atoms with E-state index in [1.165, 1.54) is 12.3 Å². The van der Waals surface area contributed by atoms with Crippen molar-refractivity contribution in [1.82, 2.24) is 24.8 Å². The minimum absolute atomic E-state index is 0.168. The summed E-state index contributed by atoms with van der Waals surface area (Å²) < 4.78 is 1.70. The minimum atomic E-state index is -1.28. The van der Waals surface area contributed by atoms with E-state index < -0.39 is 11.8 Å². The van der Waals surface area contributed by atoms with Crippen molar-refractivity contribution in [3.05, 3.63) is 72.6 Å². The van der Waals surface area contributed by atoms with Crippen LogP contribution in [0, 0.1) is 11.3 Å². The van der Waals surface area contributed by atoms with Crippen molar-refractivity contribution in [2.24, 2.45) is 10.2 Å². The maximum atomic E-state index is 12.4. The molecular formula is C21H12N8O. The zero-order valence-corrected chi connectivity index (χ0v) is 15.4. The molecule has 0 N–H and O–H groups in total. The van der Waals surface area contributed by atoms with Gasteiger partial charge in [-0.25, -0.2) is 4.52 Å². The number of nitriles is 1. The molecule has 0 saturated carbocycles. The number of nitrogens with zero attached hydrogens (tertiary/aromatic N) is 8. The van der Waals surface area contributed by atoms with Crippen LogP contribution in [-0.4, -0.2) is 36.6 Å². The van der Waals surface area contributed by atoms with Gasteiger partial charge in [-0.15, -0.1) is 10.2 Å². The molecule has 3 aromatic heterocycles. The second kappa shape index (κ2) is 7.10. The first kappa shape index (κ1) is 17.5. The summed E-state index contributed by atoms with van der Waals surface area (Å²) in [7, 11) is 0. The Morgan fingerprint density at radius 2 is 1.90 bits per heavy atom. The molecule has 0 aliphatic heterocycles. The largest absolute Gasteiger partial charge is 0.289 e. The number of benzene rings is 2. The summed E-state index contributed by atoms with van der Waals surface area (Å²) in [4.78, 5) is 16.4. The Labute approximate surface area is 169 Å². The lowest BCUT2D eigenvalue weighted by molar-refractivity contribution is 0.0974. The molecule has 0 bridgehead atoms. The molecule has 0 amide bonds. The van der Waals surface area contributed by atoms with Gasteiger partial charge in [0.1, 0.15) is 17.3 Å². The number of ketones is 1. The predicted molar refractivity (Wildman–Crippen MR) is 108 cm³/mol. The topological polar surface area (TPSA) is 122 Å². The summed E-state index contributed by atoms with van der Waals surface area (Å²) in [6.45, 7) is 0. The van der Waals surface area contributed by atoms with Gasteiger partial charge in [0.05, 0.1) is 16.7 Å². The fraction of sp³-hybridized carbons (Fsp3) is 0.0476. The van der Waals surface area contributed by atoms with Gasteiger partial charge in [-0.05, 0) is 42.5 Å². The zero-order valence-electron chi connectivity index (χ0n) is 15.4. The quantitative estimate of drug-likeness (QED) is 0.340. The van der Waals surface area contributed by atoms with Gasteiger partial charge in [-0.2, -0.15) is 20.6 Å². The predicted octanol–water partition coefficient (Wildman–Crippen LogP) is 3.68. The maximum Gasteiger partial charge on any atom is 0.221 e. The lowest BCUT2D eigenvalue weighted by atomic mass is 10.1. The minimum Gasteiger partial charge on any atom is -0.289 e. The summed E-state index contributed by atoms with van der Waals surface area (Å²) in [6.07, 6.45) is 1.49. The molecule has 5 aromatic rings. The molecule has 0 spiro atoms. The molecular weight excluding hydrogens is 380 g/mol. The summed E-state index contributed by atoms with van der Waals surface area (Å²) in [5.74, 6) is -0.505. The first-order chi connectivity index (χ1) is 14.7. The number of aromatic nitrogens is 5. The molecule has 0 aliphatic rings. The van der Waals surface area contributed by atoms with Gasteiger partial charge in [0.15, 0.2) is 5.65 Å². The van der Waals surface area contributed by atoms with Gasteiger partial charge in [0.25, 0.3) is 0 Å². The van der Waals surface area contributed by atoms with Gasteiger partial charge >= 0.3 is 0 Å². The molecule has 5 rings (SSSR count). The van der Waals surface area contributed by atoms with E-state index in [0.29, 0.717) is 22.4 Å². The summed E-state index contributed by atoms with van der Waals surface area (Å²) in [5.41, 5.74) is 3.39. The Kier molecular flexibility index (Phi) is 4.15. The molecule has 9 heteroatoms. The van der Waals surface area contributed by atoms with Crippen LogP contribution in [0.4, 0.5) is 5.69 Å². The first-order valence-corrected chi connectivity index (χ1v) is 9.04. The lowest BCUT2D eigenvalue weighted by Crippen LogP contribution is -2.17. The molecule has 0 aliphatic carbocycles. The summed E-state index contributed by atoms with van der Waals surface area (Å²) in [6, 6.07) is 18.3. The average molecular weight is 392 g/mol. The molecule has 3 heterocycles. The van der Waals surface area contributed by atoms with Crippen LogP contribution in [0.5, 0.6) is 0 Å². The monoisotopic (exact) mass is 392 g/mol. The summed E-state index contributed by atoms with van der Waals surface area (Å²) >= 11 is 0. The lowest BCUT2D eigenvalue weighted by Gasteiger charge is -2.02. The van der Waals surface area contributed by atoms with Gasteiger partial charge in [0.2, 0.25) is 11.8 Å². The molecule has 0 saturated heterocycles. The fourth-order valence-electron chi connectivity index (χ4n) is 3.12. The first-order valence-electron chi connectivity index (χ1n) is 9.04. The van der Waals surface area contributed by atoms with Crippen LogP contribution in [0.15, 0.2) is 77.1 Å². The van der Waals surface area contributed by atoms with Crippen molar-refractivity contribution in [3.8, 4) is 6.07 Å². The van der Waals surface area contributed by atoms with E-state index in [9.17, 15) is 10.1 Å². The second-order valence-corrected chi connectivity index (χ2v) is 6.45. The summed E-state index contributed by atoms with van der Waals surface area (Å²) in [5, 5.41) is 31.4. The van der Waals surface area contributed by atoms with Crippen LogP contribution in [0.25, 0.3) is 27.6 Å². The molecule has 1 unspecified atom stereocenters. The highest BCUT2D eigenvalue weighted by Gasteiger charge is 2.20. The third kappa shape index (κ3) is 2.93. The van der Waals surface area contributed by atoms with Gasteiger partial charge in [0, 0.05) is 11.6 Å². The van der Waals surface area contributed by atoms with Crippen LogP contribution >= 0.6 is 0 Å². The number of carbonyl (C=O) groups excluding carboxylic acids is 1. The number of hydrogen-bond acceptors (Lipinski definition) is 8. The normalized spacial score (nSPS) is 12.5. The van der Waals surface area contributed by atoms with Crippen LogP contribution in [0.2, 0.25) is 0 Å². The molecule has 1 atom stereocenters. The third-order valence-electron chi connectivity index (χ3n) is 4.57. The fourth-order valence-corrected chi connectivity index (χ4v) is 3.12. The van der Waals surface area contributed by atoms with Crippen molar-refractivity contribution in [2.75, 3.05) is 0 Å². The molecule has 0 radical (unpaired) electrons. The number of azo groups is 1. The van der Waals surface area contributed by atoms with E-state index in [0.717, 1.165) is 10.9 Å². The Hall–Kier alpha value is -4.58. The van der Waals surface area contributed by atoms with Crippen LogP contribution < -0.4 is 0 Å². The Balaban J connectivity index is 1.55. The maximum absolute atomic E-state index is 12.4. The zero-order chi connectivity index (χ0) is 20.5. The average Bonchev–Trinajstić information content (AvgIpc) is 3.19. The highest BCUT2D eigenvalue weighted by Crippen LogP contribution is 2.24. The van der Waals surface area contributed by atoms with E-state index in [4.69, 9.17) is 0 Å². The van der Waals surface area contributed by atoms with E-state index in [1.54, 1.807) is 34.8 Å². The van der Waals surface area contributed by atoms with E-state index in [1.807, 2.05) is 30.3 Å². The van der Waals surface area contributed by atoms with Crippen molar-refractivity contribution in [2.45, 2.75) is 6.04 Å². The van der Waals surface area contributed by atoms with E-state index >= 15 is 0 Å². The molecule has 142 valence electrons. The van der Waals surface area contributed by atoms with E-state index in [2.05, 4.69) is 30.5 Å². The second-order valence-electron chi connectivity index (χ2n) is 6.45. The van der Waals surface area contributed by atoms with Crippen LogP contribution in [-0.2, 0) is 0 Å². The molecule has 30 heavy (non-hydrogen) atoms. The molecule has 2 aromatic carbocycles. The van der Waals surface area contributed by atoms with Gasteiger partial charge in [-0.1, -0.05) is 18.2 Å². The number of carbonyl (C=O) groups is 1. The van der Waals surface area contributed by atoms with Crippen LogP contribution in [0.1, 0.15) is 10.5 Å². The number of fused-ring (bicyclic) bond motifs is 5. The van der Waals surface area contributed by atoms with E-state index in [-0.39, 0.29) is 5.69 Å². The van der Waals surface area contributed by atoms with Crippen molar-refractivity contribution in [3.63, 3.8) is 0 Å². The Morgan fingerprint density at radius 1 is 1.03 bits per heavy atom. The highest BCUT2D eigenvalue weighted by atomic mass is 16.1. The van der Waals surface area contributed by atoms with Crippen molar-refractivity contribution >= 4 is 39.1 Å². The van der Waals surface area contributed by atoms with Crippen molar-refractivity contribution in [1.29, 1.82) is 5.26 Å². The SMILES string of the molecule is N#CC(N=Nc1ccc2nnc3c4ccccc4nn3c2c1)C(=O)c1ccccn1. The number of hydrogen-bond donors (Lipinski definition) is 0. The smallest absolute Gasteiger partial charge is 0.221 e. The molecule has 0 fully saturated rings. The number of pyridine rings is 1. The van der Waals surface area contributed by atoms with Gasteiger partial charge < -0.3 is 0 Å². The highest BCUT2D eigenvalue weighted by molar-refractivity contribution is 6.00. The Morgan fingerprint density at radius 3 is 2.73 bits per heavy atom. The Bertz CT molecular complexity index is 1480. The van der Waals surface area contributed by atoms with Crippen molar-refractivity contribution < 1.29 is 4.79 Å². The standard InChI is InChI=1S/C21H12N8O/c22-12-18(20(30)17-7-3-4-10-23-17)26-24-13-8-9-16-19(11-13)29-21(27-25-16)14-5-1-2-6-15(14)28-29/h1-11,18H. The number of Topliss-reactive ketones (excluding diaryl/α,β-unsaturated/α-hetero) is 1. The number of rotatable bonds is 4. The van der Waals surface area contributed by atoms with Gasteiger partial charge in [-0.3, -0.25) is 9.78 Å².